The number of hydrogen-bond acceptors (Lipinski definition) is 4. The number of anilines is 1. The van der Waals surface area contributed by atoms with Crippen LogP contribution in [0.25, 0.3) is 0 Å². The summed E-state index contributed by atoms with van der Waals surface area (Å²) in [5.41, 5.74) is 1.16. The van der Waals surface area contributed by atoms with Gasteiger partial charge in [0.25, 0.3) is 0 Å². The number of carbonyl (C=O) groups is 2. The number of aromatic nitrogens is 2. The van der Waals surface area contributed by atoms with Crippen molar-refractivity contribution in [2.45, 2.75) is 62.3 Å². The van der Waals surface area contributed by atoms with Crippen molar-refractivity contribution in [3.8, 4) is 0 Å². The zero-order chi connectivity index (χ0) is 20.3. The van der Waals surface area contributed by atoms with Crippen LogP contribution in [0.1, 0.15) is 62.6 Å². The normalized spacial score (nSPS) is 19.6. The van der Waals surface area contributed by atoms with E-state index in [0.717, 1.165) is 62.6 Å². The largest absolute Gasteiger partial charge is 0.348 e. The zero-order valence-corrected chi connectivity index (χ0v) is 16.3. The number of pyridine rings is 2. The molecule has 4 rings (SSSR count). The summed E-state index contributed by atoms with van der Waals surface area (Å²) in [7, 11) is 0. The maximum atomic E-state index is 13.0. The summed E-state index contributed by atoms with van der Waals surface area (Å²) in [5.74, 6) is -0.702. The van der Waals surface area contributed by atoms with Gasteiger partial charge in [-0.2, -0.15) is 4.39 Å². The molecule has 0 unspecified atom stereocenters. The second-order valence-corrected chi connectivity index (χ2v) is 8.10. The summed E-state index contributed by atoms with van der Waals surface area (Å²) in [6.07, 6.45) is 11.3. The average Bonchev–Trinajstić information content (AvgIpc) is 2.70. The van der Waals surface area contributed by atoms with Crippen LogP contribution in [-0.4, -0.2) is 22.3 Å². The Kier molecular flexibility index (Phi) is 5.30. The van der Waals surface area contributed by atoms with E-state index in [9.17, 15) is 14.0 Å². The average molecular weight is 396 g/mol. The van der Waals surface area contributed by atoms with Crippen molar-refractivity contribution in [1.29, 1.82) is 0 Å². The van der Waals surface area contributed by atoms with Gasteiger partial charge >= 0.3 is 0 Å². The number of nitrogens with zero attached hydrogens (tertiary/aromatic N) is 2. The molecule has 0 saturated heterocycles. The second kappa shape index (κ2) is 7.89. The molecule has 0 aromatic carbocycles. The molecule has 0 aliphatic heterocycles. The molecule has 29 heavy (non-hydrogen) atoms. The van der Waals surface area contributed by atoms with Crippen LogP contribution in [0.4, 0.5) is 10.1 Å². The van der Waals surface area contributed by atoms with Crippen LogP contribution in [0, 0.1) is 5.95 Å². The number of amides is 2. The smallest absolute Gasteiger partial charge is 0.235 e. The van der Waals surface area contributed by atoms with Gasteiger partial charge in [-0.3, -0.25) is 14.6 Å². The molecule has 2 N–H and O–H groups in total. The van der Waals surface area contributed by atoms with E-state index in [1.807, 2.05) is 12.1 Å². The molecule has 0 spiro atoms. The highest BCUT2D eigenvalue weighted by molar-refractivity contribution is 5.99. The summed E-state index contributed by atoms with van der Waals surface area (Å²) in [6.45, 7) is 0. The fourth-order valence-electron chi connectivity index (χ4n) is 4.58. The molecule has 0 bridgehead atoms. The zero-order valence-electron chi connectivity index (χ0n) is 16.3. The van der Waals surface area contributed by atoms with Crippen molar-refractivity contribution >= 4 is 18.0 Å². The highest BCUT2D eigenvalue weighted by Gasteiger charge is 2.46. The number of carbonyl (C=O) groups excluding carboxylic acids is 2. The highest BCUT2D eigenvalue weighted by Crippen LogP contribution is 2.45. The summed E-state index contributed by atoms with van der Waals surface area (Å²) < 4.78 is 13.0. The van der Waals surface area contributed by atoms with Crippen LogP contribution in [0.15, 0.2) is 36.7 Å². The molecule has 2 aliphatic carbocycles. The first kappa shape index (κ1) is 19.5. The molecule has 2 heterocycles. The van der Waals surface area contributed by atoms with Crippen LogP contribution in [0.5, 0.6) is 0 Å². The molecule has 0 atom stereocenters. The summed E-state index contributed by atoms with van der Waals surface area (Å²) in [6, 6.07) is 6.64. The summed E-state index contributed by atoms with van der Waals surface area (Å²) in [5, 5.41) is 5.86. The predicted molar refractivity (Wildman–Crippen MR) is 107 cm³/mol. The highest BCUT2D eigenvalue weighted by atomic mass is 19.1. The topological polar surface area (TPSA) is 84.0 Å². The Labute approximate surface area is 169 Å². The Balaban J connectivity index is 1.56. The number of rotatable bonds is 6. The van der Waals surface area contributed by atoms with Crippen LogP contribution < -0.4 is 10.6 Å². The molecule has 2 aromatic rings. The predicted octanol–water partition coefficient (Wildman–Crippen LogP) is 3.58. The minimum Gasteiger partial charge on any atom is -0.348 e. The molecule has 2 fully saturated rings. The van der Waals surface area contributed by atoms with E-state index in [-0.39, 0.29) is 5.91 Å². The lowest BCUT2D eigenvalue weighted by Crippen LogP contribution is -2.47. The Hall–Kier alpha value is -2.83. The standard InChI is InChI=1S/C22H25FN4O2/c23-19-8-6-17(14-25-19)27-20(29)21(9-4-10-21)16-5-7-18(24-13-16)22(26-15-28)11-2-1-3-12-22/h5-8,13-15H,1-4,9-12H2,(H,26,28)(H,27,29). The summed E-state index contributed by atoms with van der Waals surface area (Å²) in [4.78, 5) is 32.5. The van der Waals surface area contributed by atoms with E-state index in [2.05, 4.69) is 20.6 Å². The second-order valence-electron chi connectivity index (χ2n) is 8.10. The van der Waals surface area contributed by atoms with E-state index in [1.54, 1.807) is 6.20 Å². The molecule has 2 aliphatic rings. The molecular formula is C22H25FN4O2. The van der Waals surface area contributed by atoms with Crippen LogP contribution in [0.2, 0.25) is 0 Å². The van der Waals surface area contributed by atoms with Crippen molar-refractivity contribution in [1.82, 2.24) is 15.3 Å². The van der Waals surface area contributed by atoms with E-state index in [0.29, 0.717) is 5.69 Å². The first-order valence-electron chi connectivity index (χ1n) is 10.2. The Morgan fingerprint density at radius 2 is 1.76 bits per heavy atom. The number of hydrogen-bond donors (Lipinski definition) is 2. The maximum Gasteiger partial charge on any atom is 0.235 e. The molecular weight excluding hydrogens is 371 g/mol. The van der Waals surface area contributed by atoms with Crippen LogP contribution >= 0.6 is 0 Å². The Bertz CT molecular complexity index is 873. The SMILES string of the molecule is O=CNC1(c2ccc(C3(C(=O)Nc4ccc(F)nc4)CCC3)cn2)CCCCC1. The first-order chi connectivity index (χ1) is 14.1. The molecule has 2 saturated carbocycles. The fraction of sp³-hybridized carbons (Fsp3) is 0.455. The molecule has 2 amide bonds. The lowest BCUT2D eigenvalue weighted by atomic mass is 9.64. The van der Waals surface area contributed by atoms with Crippen molar-refractivity contribution in [2.75, 3.05) is 5.32 Å². The van der Waals surface area contributed by atoms with Gasteiger partial charge < -0.3 is 10.6 Å². The van der Waals surface area contributed by atoms with Crippen molar-refractivity contribution in [3.63, 3.8) is 0 Å². The molecule has 2 aromatic heterocycles. The third-order valence-electron chi connectivity index (χ3n) is 6.48. The van der Waals surface area contributed by atoms with Gasteiger partial charge in [-0.15, -0.1) is 0 Å². The third-order valence-corrected chi connectivity index (χ3v) is 6.48. The fourth-order valence-corrected chi connectivity index (χ4v) is 4.58. The van der Waals surface area contributed by atoms with E-state index < -0.39 is 16.9 Å². The van der Waals surface area contributed by atoms with Gasteiger partial charge in [-0.05, 0) is 49.4 Å². The minimum absolute atomic E-state index is 0.120. The quantitative estimate of drug-likeness (QED) is 0.577. The van der Waals surface area contributed by atoms with E-state index >= 15 is 0 Å². The van der Waals surface area contributed by atoms with Gasteiger partial charge in [0.1, 0.15) is 0 Å². The van der Waals surface area contributed by atoms with Gasteiger partial charge in [-0.1, -0.05) is 31.7 Å². The number of halogens is 1. The first-order valence-corrected chi connectivity index (χ1v) is 10.2. The van der Waals surface area contributed by atoms with Gasteiger partial charge in [0.15, 0.2) is 0 Å². The monoisotopic (exact) mass is 396 g/mol. The Morgan fingerprint density at radius 1 is 0.966 bits per heavy atom. The molecule has 7 heteroatoms. The minimum atomic E-state index is -0.627. The van der Waals surface area contributed by atoms with Gasteiger partial charge in [-0.25, -0.2) is 4.98 Å². The van der Waals surface area contributed by atoms with Crippen molar-refractivity contribution < 1.29 is 14.0 Å². The molecule has 6 nitrogen and oxygen atoms in total. The number of nitrogens with one attached hydrogen (secondary N) is 2. The van der Waals surface area contributed by atoms with Gasteiger partial charge in [0, 0.05) is 6.20 Å². The maximum absolute atomic E-state index is 13.0. The van der Waals surface area contributed by atoms with Crippen molar-refractivity contribution in [3.05, 3.63) is 53.9 Å². The lowest BCUT2D eigenvalue weighted by Gasteiger charge is -2.41. The van der Waals surface area contributed by atoms with E-state index in [4.69, 9.17) is 0 Å². The van der Waals surface area contributed by atoms with Crippen LogP contribution in [0.3, 0.4) is 0 Å². The summed E-state index contributed by atoms with van der Waals surface area (Å²) >= 11 is 0. The molecule has 152 valence electrons. The van der Waals surface area contributed by atoms with Crippen molar-refractivity contribution in [2.24, 2.45) is 0 Å². The Morgan fingerprint density at radius 3 is 2.31 bits per heavy atom. The van der Waals surface area contributed by atoms with Gasteiger partial charge in [0.2, 0.25) is 18.3 Å². The molecule has 0 radical (unpaired) electrons. The third kappa shape index (κ3) is 3.61. The lowest BCUT2D eigenvalue weighted by molar-refractivity contribution is -0.124. The van der Waals surface area contributed by atoms with Gasteiger partial charge in [0.05, 0.1) is 28.5 Å². The van der Waals surface area contributed by atoms with Crippen LogP contribution in [-0.2, 0) is 20.5 Å². The van der Waals surface area contributed by atoms with E-state index in [1.165, 1.54) is 24.8 Å².